The molecule has 4 heterocycles. The number of hydrogen-bond acceptors (Lipinski definition) is 13. The highest BCUT2D eigenvalue weighted by molar-refractivity contribution is 7.53. The summed E-state index contributed by atoms with van der Waals surface area (Å²) in [4.78, 5) is 108. The third kappa shape index (κ3) is 13.1. The van der Waals surface area contributed by atoms with Crippen LogP contribution in [0.1, 0.15) is 104 Å². The highest BCUT2D eigenvalue weighted by Gasteiger charge is 2.53. The Kier molecular flexibility index (Phi) is 17.6. The summed E-state index contributed by atoms with van der Waals surface area (Å²) < 4.78 is 65.2. The van der Waals surface area contributed by atoms with E-state index in [2.05, 4.69) is 27.0 Å². The van der Waals surface area contributed by atoms with Crippen LogP contribution in [0.15, 0.2) is 84.9 Å². The van der Waals surface area contributed by atoms with Gasteiger partial charge in [0.15, 0.2) is 0 Å². The average molecular weight is 1130 g/mol. The number of likely N-dealkylation sites (tertiary alicyclic amines) is 1. The van der Waals surface area contributed by atoms with E-state index in [1.54, 1.807) is 43.9 Å². The van der Waals surface area contributed by atoms with E-state index in [-0.39, 0.29) is 86.9 Å². The lowest BCUT2D eigenvalue weighted by Crippen LogP contribution is -2.58. The van der Waals surface area contributed by atoms with Crippen LogP contribution in [-0.2, 0) is 59.5 Å². The molecule has 2 fully saturated rings. The summed E-state index contributed by atoms with van der Waals surface area (Å²) in [6.07, 6.45) is 1.27. The number of alkyl halides is 2. The van der Waals surface area contributed by atoms with Crippen molar-refractivity contribution in [2.45, 2.75) is 97.6 Å². The normalized spacial score (nSPS) is 17.9. The predicted octanol–water partition coefficient (Wildman–Crippen LogP) is 7.87. The lowest BCUT2D eigenvalue weighted by Gasteiger charge is -2.36. The molecule has 18 nitrogen and oxygen atoms in total. The van der Waals surface area contributed by atoms with Crippen LogP contribution in [-0.4, -0.2) is 121 Å². The number of benzene rings is 4. The van der Waals surface area contributed by atoms with Gasteiger partial charge in [-0.3, -0.25) is 48.0 Å². The number of anilines is 1. The molecule has 3 aliphatic heterocycles. The maximum Gasteiger partial charge on any atom is 0.404 e. The molecule has 1 aromatic heterocycles. The van der Waals surface area contributed by atoms with Gasteiger partial charge in [-0.1, -0.05) is 75.1 Å². The summed E-state index contributed by atoms with van der Waals surface area (Å²) in [6, 6.07) is 20.3. The first-order chi connectivity index (χ1) is 37.4. The molecule has 0 saturated carbocycles. The molecule has 4 aromatic carbocycles. The number of esters is 1. The molecule has 6 amide bonds. The molecule has 3 aliphatic rings. The van der Waals surface area contributed by atoms with Crippen molar-refractivity contribution in [1.29, 1.82) is 0 Å². The third-order valence-corrected chi connectivity index (χ3v) is 16.3. The predicted molar refractivity (Wildman–Crippen MR) is 290 cm³/mol. The summed E-state index contributed by atoms with van der Waals surface area (Å²) in [5, 5.41) is 7.17. The van der Waals surface area contributed by atoms with E-state index in [9.17, 15) is 43.0 Å². The van der Waals surface area contributed by atoms with Crippen LogP contribution in [0.2, 0.25) is 0 Å². The molecule has 2 unspecified atom stereocenters. The number of halogens is 2. The molecule has 3 N–H and O–H groups in total. The Morgan fingerprint density at radius 1 is 0.899 bits per heavy atom. The lowest BCUT2D eigenvalue weighted by atomic mass is 9.85. The van der Waals surface area contributed by atoms with E-state index >= 15 is 8.78 Å². The van der Waals surface area contributed by atoms with Gasteiger partial charge in [0.1, 0.15) is 24.7 Å². The van der Waals surface area contributed by atoms with Gasteiger partial charge in [-0.05, 0) is 110 Å². The topological polar surface area (TPSA) is 227 Å². The molecule has 5 aromatic rings. The fourth-order valence-corrected chi connectivity index (χ4v) is 11.3. The summed E-state index contributed by atoms with van der Waals surface area (Å²) in [6.45, 7) is 9.75. The second-order valence-electron chi connectivity index (χ2n) is 21.5. The number of imide groups is 1. The first-order valence-corrected chi connectivity index (χ1v) is 28.1. The highest BCUT2D eigenvalue weighted by Crippen LogP contribution is 2.63. The number of fused-ring (bicyclic) bond motifs is 3. The van der Waals surface area contributed by atoms with Crippen molar-refractivity contribution in [2.24, 2.45) is 10.8 Å². The first kappa shape index (κ1) is 58.2. The van der Waals surface area contributed by atoms with Crippen molar-refractivity contribution in [3.05, 3.63) is 112 Å². The average Bonchev–Trinajstić information content (AvgIpc) is 4.22. The quantitative estimate of drug-likeness (QED) is 0.0190. The van der Waals surface area contributed by atoms with E-state index in [0.29, 0.717) is 39.9 Å². The maximum atomic E-state index is 15.5. The van der Waals surface area contributed by atoms with E-state index in [1.807, 2.05) is 42.5 Å². The zero-order chi connectivity index (χ0) is 57.0. The largest absolute Gasteiger partial charge is 0.438 e. The summed E-state index contributed by atoms with van der Waals surface area (Å²) >= 11 is 0.962. The molecule has 418 valence electrons. The second-order valence-corrected chi connectivity index (χ2v) is 24.5. The molecular formula is C57H62F2N5O13PS. The number of thiophene rings is 1. The number of nitrogens with zero attached hydrogens (tertiary/aromatic N) is 3. The molecule has 8 rings (SSSR count). The minimum absolute atomic E-state index is 0.0570. The Balaban J connectivity index is 0.894. The highest BCUT2D eigenvalue weighted by atomic mass is 32.1. The summed E-state index contributed by atoms with van der Waals surface area (Å²) in [5.41, 5.74) is -4.81. The number of ether oxygens (including phenoxy) is 3. The van der Waals surface area contributed by atoms with Crippen molar-refractivity contribution in [1.82, 2.24) is 20.4 Å². The number of nitrogens with one attached hydrogen (secondary N) is 2. The van der Waals surface area contributed by atoms with Crippen LogP contribution in [0.5, 0.6) is 0 Å². The Bertz CT molecular complexity index is 3320. The van der Waals surface area contributed by atoms with Crippen molar-refractivity contribution in [3.63, 3.8) is 0 Å². The molecular weight excluding hydrogens is 1060 g/mol. The van der Waals surface area contributed by atoms with Gasteiger partial charge in [-0.15, -0.1) is 11.3 Å². The van der Waals surface area contributed by atoms with Crippen molar-refractivity contribution in [2.75, 3.05) is 51.2 Å². The molecule has 22 heteroatoms. The Hall–Kier alpha value is -6.92. The fraction of sp³-hybridized carbons (Fsp3) is 0.421. The van der Waals surface area contributed by atoms with Crippen LogP contribution in [0, 0.1) is 22.7 Å². The number of carbonyl (C=O) groups is 7. The number of hydrogen-bond donors (Lipinski definition) is 3. The minimum Gasteiger partial charge on any atom is -0.438 e. The van der Waals surface area contributed by atoms with Crippen LogP contribution in [0.4, 0.5) is 14.5 Å². The van der Waals surface area contributed by atoms with E-state index in [1.165, 1.54) is 42.7 Å². The van der Waals surface area contributed by atoms with E-state index in [4.69, 9.17) is 14.2 Å². The standard InChI is InChI=1S/C57H62F2N5O13PS/c1-55(2,3)48(61-50(67)46-32-38-30-39(19-22-45(38)79-46)57(58,59)78(72,73)77-34-76-54(71)56(4,5)6)53(70)63-24-10-17-44(63)52(69)62(40-20-18-35-12-7-8-13-37(35)31-40)25-27-75-29-28-74-26-11-15-36-14-9-16-41-42(36)33-64(51(41)68)43-21-23-47(65)60-49(43)66/h7-9,12-14,16,18-20,22,30-32,43-44,48H,10,17,21,23-29,33-34H2,1-6H3,(H,61,67)(H,72,73)(H,60,65,66)/t43?,44-,48+/m0/s1. The minimum atomic E-state index is -5.74. The van der Waals surface area contributed by atoms with Crippen LogP contribution < -0.4 is 15.5 Å². The molecule has 0 aliphatic carbocycles. The Labute approximate surface area is 459 Å². The smallest absolute Gasteiger partial charge is 0.404 e. The van der Waals surface area contributed by atoms with Crippen molar-refractivity contribution >= 4 is 86.9 Å². The number of piperidine rings is 1. The zero-order valence-electron chi connectivity index (χ0n) is 44.6. The fourth-order valence-electron chi connectivity index (χ4n) is 9.48. The molecule has 0 bridgehead atoms. The Morgan fingerprint density at radius 3 is 2.38 bits per heavy atom. The first-order valence-electron chi connectivity index (χ1n) is 25.7. The molecule has 79 heavy (non-hydrogen) atoms. The SMILES string of the molecule is CC(C)(C)C(=O)OCOP(=O)(O)C(F)(F)c1ccc2sc(C(=O)N[C@H](C(=O)N3CCC[C@H]3C(=O)N(CCOCCOCC#Cc3cccc4c3CN(C3CCC(=O)NC3=O)C4=O)c3ccc4ccccc4c3)C(C)(C)C)cc2c1. The van der Waals surface area contributed by atoms with Gasteiger partial charge in [0.2, 0.25) is 30.4 Å². The molecule has 0 spiro atoms. The zero-order valence-corrected chi connectivity index (χ0v) is 46.3. The lowest BCUT2D eigenvalue weighted by molar-refractivity contribution is -0.160. The van der Waals surface area contributed by atoms with Crippen molar-refractivity contribution < 1.29 is 70.5 Å². The molecule has 0 radical (unpaired) electrons. The van der Waals surface area contributed by atoms with E-state index in [0.717, 1.165) is 34.2 Å². The van der Waals surface area contributed by atoms with Gasteiger partial charge in [0.25, 0.3) is 11.8 Å². The summed E-state index contributed by atoms with van der Waals surface area (Å²) in [5.74, 6) is 2.58. The van der Waals surface area contributed by atoms with Gasteiger partial charge < -0.3 is 39.1 Å². The van der Waals surface area contributed by atoms with Gasteiger partial charge in [-0.2, -0.15) is 8.78 Å². The Morgan fingerprint density at radius 2 is 1.65 bits per heavy atom. The molecule has 2 saturated heterocycles. The monoisotopic (exact) mass is 1130 g/mol. The maximum absolute atomic E-state index is 15.5. The number of rotatable bonds is 18. The van der Waals surface area contributed by atoms with Gasteiger partial charge in [0, 0.05) is 53.1 Å². The van der Waals surface area contributed by atoms with Gasteiger partial charge in [0.05, 0.1) is 30.1 Å². The number of carbonyl (C=O) groups excluding carboxylic acids is 7. The van der Waals surface area contributed by atoms with Gasteiger partial charge in [-0.25, -0.2) is 0 Å². The van der Waals surface area contributed by atoms with Gasteiger partial charge >= 0.3 is 19.2 Å². The molecule has 4 atom stereocenters. The second kappa shape index (κ2) is 23.8. The summed E-state index contributed by atoms with van der Waals surface area (Å²) in [7, 11) is -5.74. The third-order valence-electron chi connectivity index (χ3n) is 13.8. The van der Waals surface area contributed by atoms with E-state index < -0.39 is 78.3 Å². The van der Waals surface area contributed by atoms with Crippen LogP contribution in [0.3, 0.4) is 0 Å². The van der Waals surface area contributed by atoms with Crippen LogP contribution >= 0.6 is 18.9 Å². The van der Waals surface area contributed by atoms with Crippen LogP contribution in [0.25, 0.3) is 20.9 Å². The number of amides is 6. The van der Waals surface area contributed by atoms with Crippen molar-refractivity contribution in [3.8, 4) is 11.8 Å².